The Labute approximate surface area is 245 Å². The van der Waals surface area contributed by atoms with Crippen molar-refractivity contribution in [2.24, 2.45) is 0 Å². The number of hydrogen-bond acceptors (Lipinski definition) is 9. The quantitative estimate of drug-likeness (QED) is 0.186. The van der Waals surface area contributed by atoms with Crippen molar-refractivity contribution in [3.05, 3.63) is 75.8 Å². The third-order valence-corrected chi connectivity index (χ3v) is 8.90. The van der Waals surface area contributed by atoms with E-state index in [2.05, 4.69) is 20.8 Å². The van der Waals surface area contributed by atoms with E-state index in [1.54, 1.807) is 26.0 Å². The van der Waals surface area contributed by atoms with Gasteiger partial charge in [0.2, 0.25) is 5.91 Å². The molecule has 12 heteroatoms. The second-order valence-corrected chi connectivity index (χ2v) is 12.0. The molecule has 10 nitrogen and oxygen atoms in total. The molecule has 0 bridgehead atoms. The molecular weight excluding hydrogens is 562 g/mol. The number of aromatic nitrogens is 3. The topological polar surface area (TPSA) is 128 Å². The van der Waals surface area contributed by atoms with Gasteiger partial charge in [-0.15, -0.1) is 21.5 Å². The number of ether oxygens (including phenoxy) is 1. The van der Waals surface area contributed by atoms with Crippen LogP contribution in [0.2, 0.25) is 0 Å². The highest BCUT2D eigenvalue weighted by Gasteiger charge is 2.29. The molecule has 0 radical (unpaired) electrons. The van der Waals surface area contributed by atoms with Crippen LogP contribution in [0.25, 0.3) is 5.69 Å². The van der Waals surface area contributed by atoms with Gasteiger partial charge in [-0.1, -0.05) is 23.9 Å². The summed E-state index contributed by atoms with van der Waals surface area (Å²) in [5.74, 6) is -0.328. The molecule has 5 rings (SSSR count). The standard InChI is InChI=1S/C29H31N5O5S2/c1-4-38-28(37)24-20-11-5-6-13-22(20)41-27(24)31-25(35)18(3)40-29-33-32-23(16-30-26(36)21-12-8-14-39-21)34(29)19-10-7-9-17(2)15-19/h7-10,12,14-15,18H,4-6,11,13,16H2,1-3H3,(H,30,36)(H,31,35). The van der Waals surface area contributed by atoms with Gasteiger partial charge >= 0.3 is 5.97 Å². The van der Waals surface area contributed by atoms with E-state index in [0.29, 0.717) is 21.5 Å². The van der Waals surface area contributed by atoms with Crippen LogP contribution in [0, 0.1) is 6.92 Å². The maximum Gasteiger partial charge on any atom is 0.341 e. The summed E-state index contributed by atoms with van der Waals surface area (Å²) in [7, 11) is 0. The van der Waals surface area contributed by atoms with Crippen molar-refractivity contribution in [3.63, 3.8) is 0 Å². The molecule has 0 spiro atoms. The fraction of sp³-hybridized carbons (Fsp3) is 0.345. The molecule has 1 aliphatic carbocycles. The number of benzene rings is 1. The van der Waals surface area contributed by atoms with Crippen LogP contribution >= 0.6 is 23.1 Å². The maximum absolute atomic E-state index is 13.4. The van der Waals surface area contributed by atoms with Crippen molar-refractivity contribution in [3.8, 4) is 5.69 Å². The van der Waals surface area contributed by atoms with Crippen LogP contribution in [0.5, 0.6) is 0 Å². The molecule has 3 heterocycles. The van der Waals surface area contributed by atoms with E-state index in [1.807, 2.05) is 35.8 Å². The van der Waals surface area contributed by atoms with Gasteiger partial charge in [0.1, 0.15) is 5.00 Å². The van der Waals surface area contributed by atoms with Gasteiger partial charge in [-0.3, -0.25) is 14.2 Å². The van der Waals surface area contributed by atoms with E-state index < -0.39 is 11.2 Å². The van der Waals surface area contributed by atoms with Gasteiger partial charge in [-0.05, 0) is 81.8 Å². The number of nitrogens with one attached hydrogen (secondary N) is 2. The Kier molecular flexibility index (Phi) is 8.89. The van der Waals surface area contributed by atoms with Gasteiger partial charge in [0.15, 0.2) is 16.7 Å². The van der Waals surface area contributed by atoms with Crippen LogP contribution in [0.1, 0.15) is 69.4 Å². The van der Waals surface area contributed by atoms with Crippen LogP contribution in [0.4, 0.5) is 5.00 Å². The third kappa shape index (κ3) is 6.38. The summed E-state index contributed by atoms with van der Waals surface area (Å²) in [5.41, 5.74) is 3.32. The number of anilines is 1. The lowest BCUT2D eigenvalue weighted by Crippen LogP contribution is -2.25. The average Bonchev–Trinajstić information content (AvgIpc) is 3.70. The second kappa shape index (κ2) is 12.7. The fourth-order valence-electron chi connectivity index (χ4n) is 4.67. The van der Waals surface area contributed by atoms with E-state index >= 15 is 0 Å². The summed E-state index contributed by atoms with van der Waals surface area (Å²) in [6.07, 6.45) is 5.21. The average molecular weight is 594 g/mol. The molecule has 1 aliphatic rings. The first-order valence-electron chi connectivity index (χ1n) is 13.5. The number of esters is 1. The summed E-state index contributed by atoms with van der Waals surface area (Å²) in [5, 5.41) is 15.0. The normalized spacial score (nSPS) is 13.3. The van der Waals surface area contributed by atoms with Crippen molar-refractivity contribution >= 4 is 45.9 Å². The Morgan fingerprint density at radius 3 is 2.76 bits per heavy atom. The summed E-state index contributed by atoms with van der Waals surface area (Å²) >= 11 is 2.70. The van der Waals surface area contributed by atoms with Crippen LogP contribution in [0.3, 0.4) is 0 Å². The number of nitrogens with zero attached hydrogens (tertiary/aromatic N) is 3. The molecule has 1 unspecified atom stereocenters. The van der Waals surface area contributed by atoms with E-state index in [1.165, 1.54) is 29.4 Å². The zero-order valence-electron chi connectivity index (χ0n) is 23.1. The smallest absolute Gasteiger partial charge is 0.341 e. The van der Waals surface area contributed by atoms with Crippen molar-refractivity contribution in [1.29, 1.82) is 0 Å². The minimum Gasteiger partial charge on any atom is -0.462 e. The molecule has 3 aromatic heterocycles. The predicted molar refractivity (Wildman–Crippen MR) is 157 cm³/mol. The highest BCUT2D eigenvalue weighted by Crippen LogP contribution is 2.39. The van der Waals surface area contributed by atoms with Gasteiger partial charge in [0.05, 0.1) is 30.2 Å². The number of aryl methyl sites for hydroxylation is 2. The fourth-order valence-corrected chi connectivity index (χ4v) is 6.84. The minimum atomic E-state index is -0.567. The Hall–Kier alpha value is -3.90. The summed E-state index contributed by atoms with van der Waals surface area (Å²) in [6.45, 7) is 5.91. The number of furan rings is 1. The number of thiophene rings is 1. The predicted octanol–water partition coefficient (Wildman–Crippen LogP) is 5.34. The Morgan fingerprint density at radius 1 is 1.17 bits per heavy atom. The van der Waals surface area contributed by atoms with Crippen LogP contribution in [-0.2, 0) is 28.9 Å². The number of rotatable bonds is 10. The molecule has 0 fully saturated rings. The second-order valence-electron chi connectivity index (χ2n) is 9.62. The lowest BCUT2D eigenvalue weighted by molar-refractivity contribution is -0.115. The maximum atomic E-state index is 13.4. The molecule has 0 saturated carbocycles. The van der Waals surface area contributed by atoms with Crippen LogP contribution in [0.15, 0.2) is 52.2 Å². The summed E-state index contributed by atoms with van der Waals surface area (Å²) in [6, 6.07) is 11.0. The van der Waals surface area contributed by atoms with Crippen molar-refractivity contribution in [2.75, 3.05) is 11.9 Å². The highest BCUT2D eigenvalue weighted by atomic mass is 32.2. The molecule has 4 aromatic rings. The van der Waals surface area contributed by atoms with Gasteiger partial charge < -0.3 is 19.8 Å². The van der Waals surface area contributed by atoms with Crippen molar-refractivity contribution in [1.82, 2.24) is 20.1 Å². The number of amides is 2. The van der Waals surface area contributed by atoms with Crippen molar-refractivity contribution in [2.45, 2.75) is 63.4 Å². The van der Waals surface area contributed by atoms with Gasteiger partial charge in [0.25, 0.3) is 5.91 Å². The molecule has 214 valence electrons. The molecule has 41 heavy (non-hydrogen) atoms. The zero-order chi connectivity index (χ0) is 28.9. The van der Waals surface area contributed by atoms with Gasteiger partial charge in [0, 0.05) is 10.6 Å². The molecule has 0 aliphatic heterocycles. The third-order valence-electron chi connectivity index (χ3n) is 6.65. The first-order chi connectivity index (χ1) is 19.9. The number of carbonyl (C=O) groups is 3. The first-order valence-corrected chi connectivity index (χ1v) is 15.2. The molecule has 0 saturated heterocycles. The SMILES string of the molecule is CCOC(=O)c1c(NC(=O)C(C)Sc2nnc(CNC(=O)c3ccco3)n2-c2cccc(C)c2)sc2c1CCCC2. The Balaban J connectivity index is 1.37. The van der Waals surface area contributed by atoms with E-state index in [4.69, 9.17) is 9.15 Å². The van der Waals surface area contributed by atoms with Gasteiger partial charge in [-0.25, -0.2) is 4.79 Å². The molecule has 1 atom stereocenters. The van der Waals surface area contributed by atoms with Crippen LogP contribution < -0.4 is 10.6 Å². The van der Waals surface area contributed by atoms with E-state index in [9.17, 15) is 14.4 Å². The van der Waals surface area contributed by atoms with E-state index in [-0.39, 0.29) is 30.7 Å². The van der Waals surface area contributed by atoms with Gasteiger partial charge in [-0.2, -0.15) is 0 Å². The zero-order valence-corrected chi connectivity index (χ0v) is 24.7. The number of thioether (sulfide) groups is 1. The number of hydrogen-bond donors (Lipinski definition) is 2. The van der Waals surface area contributed by atoms with Crippen molar-refractivity contribution < 1.29 is 23.5 Å². The Bertz CT molecular complexity index is 1560. The molecule has 2 N–H and O–H groups in total. The molecule has 2 amide bonds. The van der Waals surface area contributed by atoms with E-state index in [0.717, 1.165) is 47.4 Å². The minimum absolute atomic E-state index is 0.102. The lowest BCUT2D eigenvalue weighted by atomic mass is 9.95. The largest absolute Gasteiger partial charge is 0.462 e. The highest BCUT2D eigenvalue weighted by molar-refractivity contribution is 8.00. The molecular formula is C29H31N5O5S2. The summed E-state index contributed by atoms with van der Waals surface area (Å²) in [4.78, 5) is 39.8. The number of fused-ring (bicyclic) bond motifs is 1. The molecule has 1 aromatic carbocycles. The summed E-state index contributed by atoms with van der Waals surface area (Å²) < 4.78 is 12.3. The lowest BCUT2D eigenvalue weighted by Gasteiger charge is -2.15. The monoisotopic (exact) mass is 593 g/mol. The Morgan fingerprint density at radius 2 is 2.00 bits per heavy atom. The number of carbonyl (C=O) groups excluding carboxylic acids is 3. The van der Waals surface area contributed by atoms with Crippen LogP contribution in [-0.4, -0.2) is 44.4 Å². The first kappa shape index (κ1) is 28.6.